The van der Waals surface area contributed by atoms with Crippen molar-refractivity contribution in [3.8, 4) is 0 Å². The molecule has 2 fully saturated rings. The highest BCUT2D eigenvalue weighted by atomic mass is 16.1. The number of nitrogens with zero attached hydrogens (tertiary/aromatic N) is 1. The maximum absolute atomic E-state index is 12.3. The number of amides is 1. The normalized spacial score (nSPS) is 19.2. The third-order valence-corrected chi connectivity index (χ3v) is 5.30. The van der Waals surface area contributed by atoms with Crippen LogP contribution in [-0.2, 0) is 11.3 Å². The first kappa shape index (κ1) is 17.8. The number of carbonyl (C=O) groups is 1. The number of anilines is 1. The molecule has 3 rings (SSSR count). The first-order chi connectivity index (χ1) is 12.2. The van der Waals surface area contributed by atoms with Gasteiger partial charge in [-0.2, -0.15) is 0 Å². The van der Waals surface area contributed by atoms with E-state index in [1.165, 1.54) is 38.5 Å². The van der Waals surface area contributed by atoms with E-state index >= 15 is 0 Å². The number of aliphatic imine (C=N–C) groups is 1. The lowest BCUT2D eigenvalue weighted by molar-refractivity contribution is -0.119. The zero-order chi connectivity index (χ0) is 17.5. The summed E-state index contributed by atoms with van der Waals surface area (Å²) >= 11 is 0. The van der Waals surface area contributed by atoms with Crippen molar-refractivity contribution in [3.63, 3.8) is 0 Å². The van der Waals surface area contributed by atoms with Crippen LogP contribution in [0.5, 0.6) is 0 Å². The fraction of sp³-hybridized carbons (Fsp3) is 0.600. The fourth-order valence-corrected chi connectivity index (χ4v) is 3.84. The van der Waals surface area contributed by atoms with Gasteiger partial charge in [-0.1, -0.05) is 37.8 Å². The maximum Gasteiger partial charge on any atom is 0.227 e. The van der Waals surface area contributed by atoms with E-state index in [1.807, 2.05) is 25.2 Å². The SMILES string of the molecule is CN=C(NCc1cccc(NC(=O)C2CCCC2)c1)NC1CCCC1. The molecule has 0 bridgehead atoms. The molecule has 0 unspecified atom stereocenters. The number of carbonyl (C=O) groups excluding carboxylic acids is 1. The largest absolute Gasteiger partial charge is 0.354 e. The van der Waals surface area contributed by atoms with Gasteiger partial charge in [0.15, 0.2) is 5.96 Å². The maximum atomic E-state index is 12.3. The van der Waals surface area contributed by atoms with Crippen molar-refractivity contribution in [3.05, 3.63) is 29.8 Å². The Morgan fingerprint density at radius 1 is 1.12 bits per heavy atom. The van der Waals surface area contributed by atoms with E-state index in [2.05, 4.69) is 27.0 Å². The van der Waals surface area contributed by atoms with Gasteiger partial charge in [-0.25, -0.2) is 0 Å². The van der Waals surface area contributed by atoms with Gasteiger partial charge < -0.3 is 16.0 Å². The first-order valence-corrected chi connectivity index (χ1v) is 9.61. The van der Waals surface area contributed by atoms with Crippen molar-refractivity contribution in [1.82, 2.24) is 10.6 Å². The van der Waals surface area contributed by atoms with Crippen LogP contribution in [0.3, 0.4) is 0 Å². The van der Waals surface area contributed by atoms with Gasteiger partial charge in [-0.3, -0.25) is 9.79 Å². The Labute approximate surface area is 150 Å². The van der Waals surface area contributed by atoms with Gasteiger partial charge in [0, 0.05) is 31.2 Å². The number of rotatable bonds is 5. The lowest BCUT2D eigenvalue weighted by Crippen LogP contribution is -2.41. The average Bonchev–Trinajstić information content (AvgIpc) is 3.32. The molecule has 25 heavy (non-hydrogen) atoms. The standard InChI is InChI=1S/C20H30N4O/c1-21-20(24-17-10-4-5-11-17)22-14-15-7-6-12-18(13-15)23-19(25)16-8-2-3-9-16/h6-7,12-13,16-17H,2-5,8-11,14H2,1H3,(H,23,25)(H2,21,22,24). The summed E-state index contributed by atoms with van der Waals surface area (Å²) in [5.41, 5.74) is 2.02. The highest BCUT2D eigenvalue weighted by Gasteiger charge is 2.22. The number of benzene rings is 1. The van der Waals surface area contributed by atoms with Crippen molar-refractivity contribution in [2.24, 2.45) is 10.9 Å². The minimum atomic E-state index is 0.168. The van der Waals surface area contributed by atoms with Crippen LogP contribution >= 0.6 is 0 Å². The van der Waals surface area contributed by atoms with Gasteiger partial charge in [0.2, 0.25) is 5.91 Å². The topological polar surface area (TPSA) is 65.5 Å². The van der Waals surface area contributed by atoms with E-state index in [4.69, 9.17) is 0 Å². The number of guanidine groups is 1. The smallest absolute Gasteiger partial charge is 0.227 e. The molecular formula is C20H30N4O. The molecule has 0 aromatic heterocycles. The van der Waals surface area contributed by atoms with E-state index in [-0.39, 0.29) is 11.8 Å². The molecule has 1 amide bonds. The summed E-state index contributed by atoms with van der Waals surface area (Å²) in [6.07, 6.45) is 9.46. The first-order valence-electron chi connectivity index (χ1n) is 9.61. The molecule has 0 spiro atoms. The molecule has 1 aromatic rings. The van der Waals surface area contributed by atoms with Crippen LogP contribution < -0.4 is 16.0 Å². The lowest BCUT2D eigenvalue weighted by Gasteiger charge is -2.17. The number of hydrogen-bond acceptors (Lipinski definition) is 2. The minimum absolute atomic E-state index is 0.168. The van der Waals surface area contributed by atoms with Crippen LogP contribution in [0.15, 0.2) is 29.3 Å². The van der Waals surface area contributed by atoms with Crippen molar-refractivity contribution < 1.29 is 4.79 Å². The van der Waals surface area contributed by atoms with Crippen LogP contribution in [0, 0.1) is 5.92 Å². The van der Waals surface area contributed by atoms with Gasteiger partial charge in [-0.15, -0.1) is 0 Å². The summed E-state index contributed by atoms with van der Waals surface area (Å²) in [4.78, 5) is 16.6. The summed E-state index contributed by atoms with van der Waals surface area (Å²) in [5, 5.41) is 9.94. The predicted octanol–water partition coefficient (Wildman–Crippen LogP) is 3.42. The molecule has 136 valence electrons. The summed E-state index contributed by atoms with van der Waals surface area (Å²) in [6.45, 7) is 0.694. The van der Waals surface area contributed by atoms with Crippen LogP contribution in [0.1, 0.15) is 56.9 Å². The highest BCUT2D eigenvalue weighted by molar-refractivity contribution is 5.92. The zero-order valence-electron chi connectivity index (χ0n) is 15.2. The zero-order valence-corrected chi connectivity index (χ0v) is 15.2. The number of nitrogens with one attached hydrogen (secondary N) is 3. The average molecular weight is 342 g/mol. The summed E-state index contributed by atoms with van der Waals surface area (Å²) < 4.78 is 0. The van der Waals surface area contributed by atoms with Gasteiger partial charge >= 0.3 is 0 Å². The molecule has 1 aromatic carbocycles. The Balaban J connectivity index is 1.51. The van der Waals surface area contributed by atoms with E-state index in [9.17, 15) is 4.79 Å². The second-order valence-corrected chi connectivity index (χ2v) is 7.22. The van der Waals surface area contributed by atoms with Crippen molar-refractivity contribution in [2.45, 2.75) is 64.0 Å². The van der Waals surface area contributed by atoms with E-state index in [0.29, 0.717) is 12.6 Å². The summed E-state index contributed by atoms with van der Waals surface area (Å²) in [7, 11) is 1.81. The third kappa shape index (κ3) is 5.21. The molecule has 5 heteroatoms. The molecular weight excluding hydrogens is 312 g/mol. The van der Waals surface area contributed by atoms with Crippen LogP contribution in [0.4, 0.5) is 5.69 Å². The van der Waals surface area contributed by atoms with Gasteiger partial charge in [0.05, 0.1) is 0 Å². The van der Waals surface area contributed by atoms with Gasteiger partial charge in [-0.05, 0) is 43.4 Å². The molecule has 3 N–H and O–H groups in total. The van der Waals surface area contributed by atoms with Crippen molar-refractivity contribution in [1.29, 1.82) is 0 Å². The Bertz CT molecular complexity index is 601. The molecule has 2 aliphatic rings. The molecule has 0 atom stereocenters. The highest BCUT2D eigenvalue weighted by Crippen LogP contribution is 2.26. The molecule has 2 saturated carbocycles. The van der Waals surface area contributed by atoms with Crippen LogP contribution in [0.2, 0.25) is 0 Å². The van der Waals surface area contributed by atoms with Gasteiger partial charge in [0.25, 0.3) is 0 Å². The Morgan fingerprint density at radius 2 is 1.84 bits per heavy atom. The monoisotopic (exact) mass is 342 g/mol. The number of hydrogen-bond donors (Lipinski definition) is 3. The summed E-state index contributed by atoms with van der Waals surface area (Å²) in [6, 6.07) is 8.61. The van der Waals surface area contributed by atoms with E-state index in [0.717, 1.165) is 30.1 Å². The second kappa shape index (κ2) is 8.88. The Hall–Kier alpha value is -2.04. The Kier molecular flexibility index (Phi) is 6.31. The van der Waals surface area contributed by atoms with Crippen molar-refractivity contribution >= 4 is 17.6 Å². The van der Waals surface area contributed by atoms with Crippen molar-refractivity contribution in [2.75, 3.05) is 12.4 Å². The van der Waals surface area contributed by atoms with Gasteiger partial charge in [0.1, 0.15) is 0 Å². The summed E-state index contributed by atoms with van der Waals surface area (Å²) in [5.74, 6) is 1.21. The fourth-order valence-electron chi connectivity index (χ4n) is 3.84. The van der Waals surface area contributed by atoms with E-state index in [1.54, 1.807) is 0 Å². The molecule has 2 aliphatic carbocycles. The molecule has 0 radical (unpaired) electrons. The molecule has 0 aliphatic heterocycles. The predicted molar refractivity (Wildman–Crippen MR) is 103 cm³/mol. The third-order valence-electron chi connectivity index (χ3n) is 5.30. The van der Waals surface area contributed by atoms with Crippen LogP contribution in [0.25, 0.3) is 0 Å². The van der Waals surface area contributed by atoms with E-state index < -0.39 is 0 Å². The quantitative estimate of drug-likeness (QED) is 0.567. The lowest BCUT2D eigenvalue weighted by atomic mass is 10.1. The molecule has 5 nitrogen and oxygen atoms in total. The second-order valence-electron chi connectivity index (χ2n) is 7.22. The Morgan fingerprint density at radius 3 is 2.56 bits per heavy atom. The van der Waals surface area contributed by atoms with Crippen LogP contribution in [-0.4, -0.2) is 25.0 Å². The molecule has 0 saturated heterocycles. The molecule has 0 heterocycles. The minimum Gasteiger partial charge on any atom is -0.354 e.